The highest BCUT2D eigenvalue weighted by molar-refractivity contribution is 7.90. The van der Waals surface area contributed by atoms with E-state index in [4.69, 9.17) is 4.74 Å². The summed E-state index contributed by atoms with van der Waals surface area (Å²) in [5.74, 6) is 0.651. The minimum absolute atomic E-state index is 0.0378. The van der Waals surface area contributed by atoms with Crippen LogP contribution < -0.4 is 4.74 Å². The van der Waals surface area contributed by atoms with Crippen LogP contribution in [0.1, 0.15) is 24.1 Å². The van der Waals surface area contributed by atoms with Gasteiger partial charge in [0.25, 0.3) is 0 Å². The zero-order valence-electron chi connectivity index (χ0n) is 14.9. The van der Waals surface area contributed by atoms with Gasteiger partial charge in [0.2, 0.25) is 5.91 Å². The molecule has 0 N–H and O–H groups in total. The fourth-order valence-corrected chi connectivity index (χ4v) is 3.20. The number of ether oxygens (including phenoxy) is 1. The van der Waals surface area contributed by atoms with Crippen molar-refractivity contribution < 1.29 is 17.9 Å². The van der Waals surface area contributed by atoms with Crippen LogP contribution in [0.3, 0.4) is 0 Å². The first-order valence-corrected chi connectivity index (χ1v) is 9.80. The van der Waals surface area contributed by atoms with E-state index in [1.165, 1.54) is 6.26 Å². The van der Waals surface area contributed by atoms with Gasteiger partial charge in [0.05, 0.1) is 24.5 Å². The number of carbonyl (C=O) groups is 1. The number of sulfone groups is 1. The molecular weight excluding hydrogens is 338 g/mol. The van der Waals surface area contributed by atoms with Gasteiger partial charge in [0, 0.05) is 18.9 Å². The molecular formula is C19H23NO4S. The predicted molar refractivity (Wildman–Crippen MR) is 97.4 cm³/mol. The first kappa shape index (κ1) is 19.0. The highest BCUT2D eigenvalue weighted by Gasteiger charge is 2.19. The Balaban J connectivity index is 2.13. The Morgan fingerprint density at radius 3 is 2.28 bits per heavy atom. The van der Waals surface area contributed by atoms with E-state index in [0.29, 0.717) is 5.75 Å². The molecule has 2 aromatic carbocycles. The Hall–Kier alpha value is -2.34. The van der Waals surface area contributed by atoms with E-state index < -0.39 is 9.84 Å². The van der Waals surface area contributed by atoms with Crippen molar-refractivity contribution in [1.82, 2.24) is 4.90 Å². The average Bonchev–Trinajstić information content (AvgIpc) is 2.60. The maximum atomic E-state index is 12.6. The fourth-order valence-electron chi connectivity index (χ4n) is 2.57. The first-order valence-electron chi connectivity index (χ1n) is 7.91. The molecule has 1 atom stereocenters. The maximum absolute atomic E-state index is 12.6. The maximum Gasteiger partial charge on any atom is 0.227 e. The molecule has 1 unspecified atom stereocenters. The molecule has 0 spiro atoms. The molecule has 6 heteroatoms. The lowest BCUT2D eigenvalue weighted by atomic mass is 10.1. The Kier molecular flexibility index (Phi) is 5.85. The van der Waals surface area contributed by atoms with E-state index in [2.05, 4.69) is 0 Å². The fraction of sp³-hybridized carbons (Fsp3) is 0.316. The number of nitrogens with zero attached hydrogens (tertiary/aromatic N) is 1. The van der Waals surface area contributed by atoms with Crippen molar-refractivity contribution in [2.45, 2.75) is 24.3 Å². The second-order valence-corrected chi connectivity index (χ2v) is 8.03. The number of rotatable bonds is 6. The molecule has 5 nitrogen and oxygen atoms in total. The molecule has 0 aromatic heterocycles. The summed E-state index contributed by atoms with van der Waals surface area (Å²) in [6.07, 6.45) is 1.42. The standard InChI is InChI=1S/C19H23NO4S/c1-14(15-9-11-17(12-10-15)25(4,22)23)20(2)19(21)13-16-7-5-6-8-18(16)24-3/h5-12,14H,13H2,1-4H3. The summed E-state index contributed by atoms with van der Waals surface area (Å²) in [5.41, 5.74) is 1.71. The summed E-state index contributed by atoms with van der Waals surface area (Å²) in [6.45, 7) is 1.91. The highest BCUT2D eigenvalue weighted by Crippen LogP contribution is 2.23. The van der Waals surface area contributed by atoms with Crippen LogP contribution in [0.2, 0.25) is 0 Å². The van der Waals surface area contributed by atoms with Gasteiger partial charge < -0.3 is 9.64 Å². The predicted octanol–water partition coefficient (Wildman–Crippen LogP) is 2.86. The van der Waals surface area contributed by atoms with Gasteiger partial charge in [0.1, 0.15) is 5.75 Å². The van der Waals surface area contributed by atoms with Crippen LogP contribution in [0, 0.1) is 0 Å². The van der Waals surface area contributed by atoms with Gasteiger partial charge in [-0.25, -0.2) is 8.42 Å². The Labute approximate surface area is 149 Å². The molecule has 0 fully saturated rings. The lowest BCUT2D eigenvalue weighted by molar-refractivity contribution is -0.131. The van der Waals surface area contributed by atoms with Gasteiger partial charge in [0.15, 0.2) is 9.84 Å². The number of hydrogen-bond acceptors (Lipinski definition) is 4. The lowest BCUT2D eigenvalue weighted by Crippen LogP contribution is -2.31. The largest absolute Gasteiger partial charge is 0.496 e. The van der Waals surface area contributed by atoms with Gasteiger partial charge in [-0.1, -0.05) is 30.3 Å². The van der Waals surface area contributed by atoms with Crippen LogP contribution >= 0.6 is 0 Å². The number of likely N-dealkylation sites (N-methyl/N-ethyl adjacent to an activating group) is 1. The van der Waals surface area contributed by atoms with Crippen LogP contribution in [0.25, 0.3) is 0 Å². The Morgan fingerprint density at radius 2 is 1.72 bits per heavy atom. The van der Waals surface area contributed by atoms with Crippen LogP contribution in [0.5, 0.6) is 5.75 Å². The van der Waals surface area contributed by atoms with Crippen molar-refractivity contribution in [3.8, 4) is 5.75 Å². The number of para-hydroxylation sites is 1. The monoisotopic (exact) mass is 361 g/mol. The third-order valence-electron chi connectivity index (χ3n) is 4.30. The van der Waals surface area contributed by atoms with E-state index in [1.807, 2.05) is 31.2 Å². The lowest BCUT2D eigenvalue weighted by Gasteiger charge is -2.26. The van der Waals surface area contributed by atoms with Crippen molar-refractivity contribution in [2.75, 3.05) is 20.4 Å². The van der Waals surface area contributed by atoms with Gasteiger partial charge in [-0.2, -0.15) is 0 Å². The zero-order chi connectivity index (χ0) is 18.6. The van der Waals surface area contributed by atoms with Gasteiger partial charge in [-0.05, 0) is 30.7 Å². The summed E-state index contributed by atoms with van der Waals surface area (Å²) in [5, 5.41) is 0. The van der Waals surface area contributed by atoms with E-state index in [9.17, 15) is 13.2 Å². The molecule has 2 rings (SSSR count). The van der Waals surface area contributed by atoms with Crippen molar-refractivity contribution in [2.24, 2.45) is 0 Å². The number of benzene rings is 2. The molecule has 25 heavy (non-hydrogen) atoms. The molecule has 0 aliphatic rings. The second kappa shape index (κ2) is 7.70. The molecule has 2 aromatic rings. The summed E-state index contributed by atoms with van der Waals surface area (Å²) >= 11 is 0. The number of carbonyl (C=O) groups excluding carboxylic acids is 1. The molecule has 0 saturated heterocycles. The number of amides is 1. The Morgan fingerprint density at radius 1 is 1.12 bits per heavy atom. The van der Waals surface area contributed by atoms with Crippen molar-refractivity contribution in [1.29, 1.82) is 0 Å². The molecule has 0 aliphatic carbocycles. The van der Waals surface area contributed by atoms with Crippen molar-refractivity contribution >= 4 is 15.7 Å². The van der Waals surface area contributed by atoms with Crippen LogP contribution in [-0.2, 0) is 21.1 Å². The SMILES string of the molecule is COc1ccccc1CC(=O)N(C)C(C)c1ccc(S(C)(=O)=O)cc1. The summed E-state index contributed by atoms with van der Waals surface area (Å²) in [7, 11) is 0.101. The summed E-state index contributed by atoms with van der Waals surface area (Å²) in [6, 6.07) is 13.9. The van der Waals surface area contributed by atoms with E-state index in [1.54, 1.807) is 43.3 Å². The minimum atomic E-state index is -3.22. The smallest absolute Gasteiger partial charge is 0.227 e. The highest BCUT2D eigenvalue weighted by atomic mass is 32.2. The molecule has 0 heterocycles. The van der Waals surface area contributed by atoms with Crippen molar-refractivity contribution in [3.05, 3.63) is 59.7 Å². The van der Waals surface area contributed by atoms with Gasteiger partial charge >= 0.3 is 0 Å². The van der Waals surface area contributed by atoms with Gasteiger partial charge in [-0.3, -0.25) is 4.79 Å². The molecule has 0 aliphatic heterocycles. The van der Waals surface area contributed by atoms with E-state index in [0.717, 1.165) is 11.1 Å². The second-order valence-electron chi connectivity index (χ2n) is 6.01. The normalized spacial score (nSPS) is 12.5. The van der Waals surface area contributed by atoms with Crippen molar-refractivity contribution in [3.63, 3.8) is 0 Å². The average molecular weight is 361 g/mol. The zero-order valence-corrected chi connectivity index (χ0v) is 15.7. The minimum Gasteiger partial charge on any atom is -0.496 e. The summed E-state index contributed by atoms with van der Waals surface area (Å²) < 4.78 is 28.4. The van der Waals surface area contributed by atoms with Crippen LogP contribution in [-0.4, -0.2) is 39.6 Å². The molecule has 0 radical (unpaired) electrons. The first-order chi connectivity index (χ1) is 11.7. The topological polar surface area (TPSA) is 63.7 Å². The third kappa shape index (κ3) is 4.60. The molecule has 1 amide bonds. The van der Waals surface area contributed by atoms with Crippen LogP contribution in [0.15, 0.2) is 53.4 Å². The quantitative estimate of drug-likeness (QED) is 0.794. The molecule has 0 saturated carbocycles. The van der Waals surface area contributed by atoms with E-state index >= 15 is 0 Å². The third-order valence-corrected chi connectivity index (χ3v) is 5.43. The van der Waals surface area contributed by atoms with Crippen LogP contribution in [0.4, 0.5) is 0 Å². The van der Waals surface area contributed by atoms with E-state index in [-0.39, 0.29) is 23.3 Å². The number of methoxy groups -OCH3 is 1. The number of hydrogen-bond donors (Lipinski definition) is 0. The summed E-state index contributed by atoms with van der Waals surface area (Å²) in [4.78, 5) is 14.5. The van der Waals surface area contributed by atoms with Gasteiger partial charge in [-0.15, -0.1) is 0 Å². The Bertz CT molecular complexity index is 844. The molecule has 134 valence electrons. The molecule has 0 bridgehead atoms.